The number of hydrogen-bond donors (Lipinski definition) is 0. The van der Waals surface area contributed by atoms with Crippen LogP contribution < -0.4 is 9.64 Å². The van der Waals surface area contributed by atoms with E-state index in [1.807, 2.05) is 29.2 Å². The van der Waals surface area contributed by atoms with Crippen LogP contribution in [0.15, 0.2) is 41.1 Å². The number of fused-ring (bicyclic) bond motifs is 2. The molecule has 2 aromatic heterocycles. The molecule has 0 bridgehead atoms. The van der Waals surface area contributed by atoms with Crippen molar-refractivity contribution in [3.63, 3.8) is 0 Å². The molecule has 1 amide bonds. The lowest BCUT2D eigenvalue weighted by molar-refractivity contribution is -0.129. The van der Waals surface area contributed by atoms with Crippen LogP contribution in [0.3, 0.4) is 0 Å². The van der Waals surface area contributed by atoms with Crippen LogP contribution in [0.2, 0.25) is 0 Å². The fourth-order valence-electron chi connectivity index (χ4n) is 4.28. The molecule has 0 radical (unpaired) electrons. The molecule has 2 aliphatic heterocycles. The molecule has 5 rings (SSSR count). The Bertz CT molecular complexity index is 1010. The minimum atomic E-state index is 0.109. The summed E-state index contributed by atoms with van der Waals surface area (Å²) in [4.78, 5) is 25.8. The molecule has 4 heterocycles. The second kappa shape index (κ2) is 6.78. The highest BCUT2D eigenvalue weighted by Gasteiger charge is 2.42. The van der Waals surface area contributed by atoms with Crippen LogP contribution in [0, 0.1) is 11.8 Å². The lowest BCUT2D eigenvalue weighted by atomic mass is 10.0. The lowest BCUT2D eigenvalue weighted by Crippen LogP contribution is -2.34. The summed E-state index contributed by atoms with van der Waals surface area (Å²) in [5.41, 5.74) is 1.43. The van der Waals surface area contributed by atoms with E-state index in [1.54, 1.807) is 19.4 Å². The van der Waals surface area contributed by atoms with Crippen molar-refractivity contribution in [3.8, 4) is 5.88 Å². The number of anilines is 1. The van der Waals surface area contributed by atoms with Crippen molar-refractivity contribution in [2.75, 3.05) is 38.2 Å². The van der Waals surface area contributed by atoms with Gasteiger partial charge in [-0.1, -0.05) is 17.3 Å². The van der Waals surface area contributed by atoms with E-state index in [9.17, 15) is 4.79 Å². The van der Waals surface area contributed by atoms with Crippen molar-refractivity contribution in [2.45, 2.75) is 6.42 Å². The van der Waals surface area contributed by atoms with Crippen molar-refractivity contribution >= 4 is 22.8 Å². The van der Waals surface area contributed by atoms with Crippen LogP contribution in [0.5, 0.6) is 5.88 Å². The molecule has 8 nitrogen and oxygen atoms in total. The zero-order valence-electron chi connectivity index (χ0n) is 15.6. The molecule has 8 heteroatoms. The van der Waals surface area contributed by atoms with E-state index in [0.29, 0.717) is 29.4 Å². The summed E-state index contributed by atoms with van der Waals surface area (Å²) < 4.78 is 10.5. The van der Waals surface area contributed by atoms with Gasteiger partial charge in [0.05, 0.1) is 13.5 Å². The summed E-state index contributed by atoms with van der Waals surface area (Å²) in [6, 6.07) is 9.39. The topological polar surface area (TPSA) is 84.6 Å². The van der Waals surface area contributed by atoms with E-state index in [-0.39, 0.29) is 12.3 Å². The highest BCUT2D eigenvalue weighted by molar-refractivity contribution is 5.86. The predicted octanol–water partition coefficient (Wildman–Crippen LogP) is 1.76. The van der Waals surface area contributed by atoms with Gasteiger partial charge in [-0.25, -0.2) is 4.98 Å². The number of hydrogen-bond acceptors (Lipinski definition) is 7. The summed E-state index contributed by atoms with van der Waals surface area (Å²) >= 11 is 0. The minimum Gasteiger partial charge on any atom is -0.481 e. The third-order valence-electron chi connectivity index (χ3n) is 5.72. The average Bonchev–Trinajstić information content (AvgIpc) is 3.41. The molecule has 0 N–H and O–H groups in total. The molecule has 2 unspecified atom stereocenters. The van der Waals surface area contributed by atoms with Crippen molar-refractivity contribution in [1.82, 2.24) is 20.0 Å². The minimum absolute atomic E-state index is 0.109. The van der Waals surface area contributed by atoms with Gasteiger partial charge in [-0.3, -0.25) is 4.79 Å². The quantitative estimate of drug-likeness (QED) is 0.683. The number of carbonyl (C=O) groups excluding carboxylic acids is 1. The standard InChI is InChI=1S/C20H21N5O3/c1-27-18-6-7-21-20(22-18)25-11-13-9-24(10-14(13)12-25)19(26)8-16-15-4-2-3-5-17(15)28-23-16/h2-7,13-14H,8-12H2,1H3. The maximum Gasteiger partial charge on any atom is 0.228 e. The van der Waals surface area contributed by atoms with Gasteiger partial charge in [0.25, 0.3) is 0 Å². The molecule has 3 aromatic rings. The van der Waals surface area contributed by atoms with E-state index in [0.717, 1.165) is 37.1 Å². The van der Waals surface area contributed by atoms with Crippen molar-refractivity contribution in [2.24, 2.45) is 11.8 Å². The van der Waals surface area contributed by atoms with Crippen LogP contribution in [0.1, 0.15) is 5.69 Å². The van der Waals surface area contributed by atoms with Crippen LogP contribution in [-0.2, 0) is 11.2 Å². The van der Waals surface area contributed by atoms with Gasteiger partial charge in [0, 0.05) is 55.7 Å². The number of aromatic nitrogens is 3. The first-order valence-electron chi connectivity index (χ1n) is 9.44. The molecule has 2 fully saturated rings. The van der Waals surface area contributed by atoms with Gasteiger partial charge in [-0.15, -0.1) is 0 Å². The zero-order chi connectivity index (χ0) is 19.1. The van der Waals surface area contributed by atoms with Gasteiger partial charge in [0.1, 0.15) is 5.69 Å². The summed E-state index contributed by atoms with van der Waals surface area (Å²) in [5, 5.41) is 5.00. The second-order valence-corrected chi connectivity index (χ2v) is 7.43. The maximum atomic E-state index is 12.8. The summed E-state index contributed by atoms with van der Waals surface area (Å²) in [6.07, 6.45) is 1.99. The normalized spacial score (nSPS) is 21.3. The van der Waals surface area contributed by atoms with E-state index < -0.39 is 0 Å². The van der Waals surface area contributed by atoms with E-state index >= 15 is 0 Å². The number of nitrogens with zero attached hydrogens (tertiary/aromatic N) is 5. The van der Waals surface area contributed by atoms with E-state index in [4.69, 9.17) is 9.26 Å². The monoisotopic (exact) mass is 379 g/mol. The number of benzene rings is 1. The summed E-state index contributed by atoms with van der Waals surface area (Å²) in [5.74, 6) is 2.25. The molecule has 2 atom stereocenters. The number of para-hydroxylation sites is 1. The van der Waals surface area contributed by atoms with Gasteiger partial charge in [-0.05, 0) is 12.1 Å². The van der Waals surface area contributed by atoms with Gasteiger partial charge < -0.3 is 19.1 Å². The highest BCUT2D eigenvalue weighted by Crippen LogP contribution is 2.33. The average molecular weight is 379 g/mol. The molecule has 28 heavy (non-hydrogen) atoms. The Hall–Kier alpha value is -3.16. The smallest absolute Gasteiger partial charge is 0.228 e. The van der Waals surface area contributed by atoms with Crippen LogP contribution in [0.25, 0.3) is 11.0 Å². The van der Waals surface area contributed by atoms with E-state index in [1.165, 1.54) is 0 Å². The molecule has 1 aromatic carbocycles. The van der Waals surface area contributed by atoms with Crippen molar-refractivity contribution < 1.29 is 14.1 Å². The molecular weight excluding hydrogens is 358 g/mol. The van der Waals surface area contributed by atoms with Crippen molar-refractivity contribution in [3.05, 3.63) is 42.2 Å². The molecule has 0 saturated carbocycles. The first-order chi connectivity index (χ1) is 13.7. The fraction of sp³-hybridized carbons (Fsp3) is 0.400. The Kier molecular flexibility index (Phi) is 4.11. The van der Waals surface area contributed by atoms with Crippen LogP contribution in [-0.4, -0.2) is 59.2 Å². The first kappa shape index (κ1) is 17.0. The van der Waals surface area contributed by atoms with Crippen LogP contribution in [0.4, 0.5) is 5.95 Å². The second-order valence-electron chi connectivity index (χ2n) is 7.43. The molecule has 144 valence electrons. The predicted molar refractivity (Wildman–Crippen MR) is 102 cm³/mol. The Labute approximate surface area is 162 Å². The van der Waals surface area contributed by atoms with E-state index in [2.05, 4.69) is 20.0 Å². The summed E-state index contributed by atoms with van der Waals surface area (Å²) in [6.45, 7) is 3.24. The summed E-state index contributed by atoms with van der Waals surface area (Å²) in [7, 11) is 1.60. The highest BCUT2D eigenvalue weighted by atomic mass is 16.5. The Morgan fingerprint density at radius 2 is 1.96 bits per heavy atom. The zero-order valence-corrected chi connectivity index (χ0v) is 15.6. The van der Waals surface area contributed by atoms with Gasteiger partial charge >= 0.3 is 0 Å². The Morgan fingerprint density at radius 1 is 1.18 bits per heavy atom. The molecule has 0 aliphatic carbocycles. The Balaban J connectivity index is 1.23. The Morgan fingerprint density at radius 3 is 2.75 bits per heavy atom. The lowest BCUT2D eigenvalue weighted by Gasteiger charge is -2.21. The maximum absolute atomic E-state index is 12.8. The molecule has 2 saturated heterocycles. The number of amides is 1. The molecular formula is C20H21N5O3. The largest absolute Gasteiger partial charge is 0.481 e. The number of carbonyl (C=O) groups is 1. The van der Waals surface area contributed by atoms with Gasteiger partial charge in [0.15, 0.2) is 5.58 Å². The fourth-order valence-corrected chi connectivity index (χ4v) is 4.28. The van der Waals surface area contributed by atoms with Gasteiger partial charge in [-0.2, -0.15) is 4.98 Å². The SMILES string of the molecule is COc1ccnc(N2CC3CN(C(=O)Cc4noc5ccccc45)CC3C2)n1. The van der Waals surface area contributed by atoms with Gasteiger partial charge in [0.2, 0.25) is 17.7 Å². The number of rotatable bonds is 4. The van der Waals surface area contributed by atoms with Crippen LogP contribution >= 0.6 is 0 Å². The third kappa shape index (κ3) is 2.94. The number of likely N-dealkylation sites (tertiary alicyclic amines) is 1. The first-order valence-corrected chi connectivity index (χ1v) is 9.44. The number of ether oxygens (including phenoxy) is 1. The molecule has 0 spiro atoms. The molecule has 2 aliphatic rings. The third-order valence-corrected chi connectivity index (χ3v) is 5.72. The number of methoxy groups -OCH3 is 1. The van der Waals surface area contributed by atoms with Crippen molar-refractivity contribution in [1.29, 1.82) is 0 Å².